The first-order chi connectivity index (χ1) is 15.8. The Morgan fingerprint density at radius 3 is 2.39 bits per heavy atom. The first-order valence-corrected chi connectivity index (χ1v) is 11.2. The average molecular weight is 483 g/mol. The zero-order chi connectivity index (χ0) is 23.2. The van der Waals surface area contributed by atoms with Gasteiger partial charge in [-0.05, 0) is 49.2 Å². The molecular formula is C23H20Cl2N6O2. The van der Waals surface area contributed by atoms with Crippen molar-refractivity contribution in [2.24, 2.45) is 5.73 Å². The Balaban J connectivity index is 1.63. The van der Waals surface area contributed by atoms with Gasteiger partial charge in [-0.25, -0.2) is 15.0 Å². The Kier molecular flexibility index (Phi) is 5.44. The van der Waals surface area contributed by atoms with E-state index in [0.717, 1.165) is 11.1 Å². The molecular weight excluding hydrogens is 463 g/mol. The lowest BCUT2D eigenvalue weighted by molar-refractivity contribution is -0.144. The Labute approximate surface area is 199 Å². The smallest absolute Gasteiger partial charge is 0.323 e. The zero-order valence-corrected chi connectivity index (χ0v) is 18.9. The number of fused-ring (bicyclic) bond motifs is 1. The lowest BCUT2D eigenvalue weighted by Crippen LogP contribution is -2.55. The number of piperidine rings is 1. The van der Waals surface area contributed by atoms with Gasteiger partial charge in [-0.15, -0.1) is 0 Å². The Bertz CT molecular complexity index is 1350. The number of carbonyl (C=O) groups is 1. The molecule has 0 atom stereocenters. The number of benzene rings is 2. The fraction of sp³-hybridized carbons (Fsp3) is 0.217. The maximum atomic E-state index is 11.6. The number of hydrogen-bond acceptors (Lipinski definition) is 6. The Hall–Kier alpha value is -3.20. The van der Waals surface area contributed by atoms with E-state index < -0.39 is 11.5 Å². The van der Waals surface area contributed by atoms with Gasteiger partial charge in [0.25, 0.3) is 0 Å². The molecule has 1 aliphatic rings. The first-order valence-electron chi connectivity index (χ1n) is 10.4. The quantitative estimate of drug-likeness (QED) is 0.394. The molecule has 1 aliphatic heterocycles. The van der Waals surface area contributed by atoms with Crippen molar-refractivity contribution in [1.82, 2.24) is 19.9 Å². The molecule has 168 valence electrons. The number of H-pyrrole nitrogens is 1. The van der Waals surface area contributed by atoms with Crippen molar-refractivity contribution in [3.8, 4) is 22.8 Å². The van der Waals surface area contributed by atoms with Gasteiger partial charge < -0.3 is 20.7 Å². The number of aromatic amines is 1. The van der Waals surface area contributed by atoms with Crippen LogP contribution in [-0.2, 0) is 4.79 Å². The summed E-state index contributed by atoms with van der Waals surface area (Å²) >= 11 is 12.4. The second-order valence-corrected chi connectivity index (χ2v) is 8.93. The summed E-state index contributed by atoms with van der Waals surface area (Å²) < 4.78 is 0. The van der Waals surface area contributed by atoms with Crippen LogP contribution in [0.4, 0.5) is 5.82 Å². The summed E-state index contributed by atoms with van der Waals surface area (Å²) in [6.45, 7) is 0.880. The largest absolute Gasteiger partial charge is 0.480 e. The van der Waals surface area contributed by atoms with E-state index in [-0.39, 0.29) is 0 Å². The molecule has 2 aromatic carbocycles. The minimum Gasteiger partial charge on any atom is -0.480 e. The number of nitrogens with zero attached hydrogens (tertiary/aromatic N) is 4. The van der Waals surface area contributed by atoms with Crippen LogP contribution in [0.25, 0.3) is 33.9 Å². The topological polar surface area (TPSA) is 121 Å². The summed E-state index contributed by atoms with van der Waals surface area (Å²) in [5.41, 5.74) is 7.53. The van der Waals surface area contributed by atoms with E-state index in [1.54, 1.807) is 18.2 Å². The van der Waals surface area contributed by atoms with Crippen LogP contribution in [0, 0.1) is 0 Å². The van der Waals surface area contributed by atoms with E-state index in [1.807, 2.05) is 35.2 Å². The number of hydrogen-bond donors (Lipinski definition) is 3. The van der Waals surface area contributed by atoms with E-state index in [4.69, 9.17) is 38.9 Å². The van der Waals surface area contributed by atoms with Crippen molar-refractivity contribution in [1.29, 1.82) is 0 Å². The number of aromatic nitrogens is 4. The van der Waals surface area contributed by atoms with E-state index in [2.05, 4.69) is 9.97 Å². The molecule has 1 saturated heterocycles. The second kappa shape index (κ2) is 8.30. The summed E-state index contributed by atoms with van der Waals surface area (Å²) in [7, 11) is 0. The predicted molar refractivity (Wildman–Crippen MR) is 129 cm³/mol. The summed E-state index contributed by atoms with van der Waals surface area (Å²) in [5, 5.41) is 10.7. The molecule has 0 saturated carbocycles. The van der Waals surface area contributed by atoms with Crippen LogP contribution >= 0.6 is 23.2 Å². The number of imidazole rings is 1. The number of nitrogens with two attached hydrogens (primary N) is 1. The summed E-state index contributed by atoms with van der Waals surface area (Å²) in [4.78, 5) is 31.1. The molecule has 5 rings (SSSR count). The van der Waals surface area contributed by atoms with Gasteiger partial charge in [-0.1, -0.05) is 35.3 Å². The number of nitrogens with one attached hydrogen (secondary N) is 1. The summed E-state index contributed by atoms with van der Waals surface area (Å²) in [5.74, 6) is 0.729. The van der Waals surface area contributed by atoms with Crippen LogP contribution in [0.5, 0.6) is 0 Å². The molecule has 10 heteroatoms. The third-order valence-corrected chi connectivity index (χ3v) is 6.53. The maximum Gasteiger partial charge on any atom is 0.323 e. The number of rotatable bonds is 4. The van der Waals surface area contributed by atoms with Gasteiger partial charge in [0.15, 0.2) is 17.3 Å². The number of aliphatic carboxylic acids is 1. The highest BCUT2D eigenvalue weighted by Gasteiger charge is 2.38. The van der Waals surface area contributed by atoms with Crippen LogP contribution in [0.15, 0.2) is 48.5 Å². The van der Waals surface area contributed by atoms with Crippen LogP contribution in [0.2, 0.25) is 10.0 Å². The first kappa shape index (κ1) is 21.6. The van der Waals surface area contributed by atoms with E-state index in [0.29, 0.717) is 64.6 Å². The van der Waals surface area contributed by atoms with Crippen molar-refractivity contribution >= 4 is 46.2 Å². The molecule has 8 nitrogen and oxygen atoms in total. The highest BCUT2D eigenvalue weighted by molar-refractivity contribution is 6.33. The lowest BCUT2D eigenvalue weighted by atomic mass is 9.89. The summed E-state index contributed by atoms with van der Waals surface area (Å²) in [6, 6.07) is 14.7. The highest BCUT2D eigenvalue weighted by atomic mass is 35.5. The minimum absolute atomic E-state index is 0.301. The Morgan fingerprint density at radius 2 is 1.73 bits per heavy atom. The number of halogens is 2. The van der Waals surface area contributed by atoms with Gasteiger partial charge >= 0.3 is 5.97 Å². The number of carboxylic acids is 1. The molecule has 0 aliphatic carbocycles. The van der Waals surface area contributed by atoms with Crippen molar-refractivity contribution in [3.05, 3.63) is 58.6 Å². The van der Waals surface area contributed by atoms with Crippen LogP contribution in [0.1, 0.15) is 12.8 Å². The molecule has 0 bridgehead atoms. The molecule has 4 N–H and O–H groups in total. The molecule has 4 aromatic rings. The molecule has 0 spiro atoms. The van der Waals surface area contributed by atoms with Crippen molar-refractivity contribution < 1.29 is 9.90 Å². The normalized spacial score (nSPS) is 15.7. The fourth-order valence-electron chi connectivity index (χ4n) is 3.95. The predicted octanol–water partition coefficient (Wildman–Crippen LogP) is 4.38. The molecule has 2 aromatic heterocycles. The van der Waals surface area contributed by atoms with E-state index >= 15 is 0 Å². The molecule has 0 amide bonds. The lowest BCUT2D eigenvalue weighted by Gasteiger charge is -2.36. The van der Waals surface area contributed by atoms with Crippen molar-refractivity contribution in [2.45, 2.75) is 18.4 Å². The summed E-state index contributed by atoms with van der Waals surface area (Å²) in [6.07, 6.45) is 0.602. The van der Waals surface area contributed by atoms with Gasteiger partial charge in [-0.2, -0.15) is 0 Å². The Morgan fingerprint density at radius 1 is 1.03 bits per heavy atom. The van der Waals surface area contributed by atoms with Crippen LogP contribution in [0.3, 0.4) is 0 Å². The number of anilines is 1. The van der Waals surface area contributed by atoms with Gasteiger partial charge in [-0.3, -0.25) is 4.79 Å². The van der Waals surface area contributed by atoms with Gasteiger partial charge in [0, 0.05) is 29.2 Å². The van der Waals surface area contributed by atoms with Crippen molar-refractivity contribution in [3.63, 3.8) is 0 Å². The zero-order valence-electron chi connectivity index (χ0n) is 17.4. The minimum atomic E-state index is -1.24. The van der Waals surface area contributed by atoms with Gasteiger partial charge in [0.05, 0.1) is 5.02 Å². The highest BCUT2D eigenvalue weighted by Crippen LogP contribution is 2.33. The van der Waals surface area contributed by atoms with E-state index in [1.165, 1.54) is 0 Å². The third-order valence-electron chi connectivity index (χ3n) is 5.94. The van der Waals surface area contributed by atoms with Crippen molar-refractivity contribution in [2.75, 3.05) is 18.0 Å². The molecule has 0 unspecified atom stereocenters. The second-order valence-electron chi connectivity index (χ2n) is 8.09. The molecule has 3 heterocycles. The van der Waals surface area contributed by atoms with Gasteiger partial charge in [0.1, 0.15) is 16.9 Å². The monoisotopic (exact) mass is 482 g/mol. The van der Waals surface area contributed by atoms with E-state index in [9.17, 15) is 9.90 Å². The maximum absolute atomic E-state index is 11.6. The third kappa shape index (κ3) is 4.01. The molecule has 33 heavy (non-hydrogen) atoms. The molecule has 1 fully saturated rings. The SMILES string of the molecule is NC1(C(=O)O)CCN(c2nc(-c3ccc(Cl)cc3)nc3nc(-c4ccccc4Cl)[nH]c23)CC1. The molecule has 0 radical (unpaired) electrons. The van der Waals surface area contributed by atoms with Crippen LogP contribution < -0.4 is 10.6 Å². The number of carboxylic acid groups (broad SMARTS) is 1. The van der Waals surface area contributed by atoms with Gasteiger partial charge in [0.2, 0.25) is 0 Å². The van der Waals surface area contributed by atoms with Crippen LogP contribution in [-0.4, -0.2) is 49.6 Å². The standard InChI is InChI=1S/C23H20Cl2N6O2/c24-14-7-5-13(6-8-14)18-28-20-17(27-19(29-20)15-3-1-2-4-16(15)25)21(30-18)31-11-9-23(26,10-12-31)22(32)33/h1-8H,9-12,26H2,(H,32,33)(H,27,28,29,30). The average Bonchev–Trinajstić information content (AvgIpc) is 3.24. The fourth-order valence-corrected chi connectivity index (χ4v) is 4.30.